The van der Waals surface area contributed by atoms with Crippen molar-refractivity contribution in [2.24, 2.45) is 0 Å². The van der Waals surface area contributed by atoms with E-state index in [1.54, 1.807) is 0 Å². The Labute approximate surface area is 148 Å². The van der Waals surface area contributed by atoms with Crippen LogP contribution in [0.2, 0.25) is 0 Å². The summed E-state index contributed by atoms with van der Waals surface area (Å²) in [4.78, 5) is 8.40. The Morgan fingerprint density at radius 3 is 2.88 bits per heavy atom. The second-order valence-corrected chi connectivity index (χ2v) is 7.15. The van der Waals surface area contributed by atoms with Crippen LogP contribution in [0, 0.1) is 0 Å². The fourth-order valence-corrected chi connectivity index (χ4v) is 4.14. The molecule has 2 aromatic rings. The van der Waals surface area contributed by atoms with Crippen molar-refractivity contribution in [3.8, 4) is 0 Å². The molecule has 0 spiro atoms. The topological polar surface area (TPSA) is 16.1 Å². The van der Waals surface area contributed by atoms with E-state index in [1.165, 1.54) is 21.6 Å². The van der Waals surface area contributed by atoms with E-state index in [2.05, 4.69) is 60.9 Å². The van der Waals surface area contributed by atoms with E-state index >= 15 is 0 Å². The fraction of sp³-hybridized carbons (Fsp3) is 0.286. The summed E-state index contributed by atoms with van der Waals surface area (Å²) in [5, 5.41) is 1.13. The number of allylic oxidation sites excluding steroid dienone is 5. The summed E-state index contributed by atoms with van der Waals surface area (Å²) in [5.41, 5.74) is 4.17. The lowest BCUT2D eigenvalue weighted by molar-refractivity contribution is 0.729. The molecule has 0 saturated carbocycles. The molecule has 0 N–H and O–H groups in total. The van der Waals surface area contributed by atoms with Gasteiger partial charge in [0.25, 0.3) is 0 Å². The molecular weight excluding hydrogens is 312 g/mol. The van der Waals surface area contributed by atoms with E-state index < -0.39 is 0 Å². The van der Waals surface area contributed by atoms with Crippen LogP contribution in [0.25, 0.3) is 0 Å². The highest BCUT2D eigenvalue weighted by Crippen LogP contribution is 2.34. The normalized spacial score (nSPS) is 16.2. The first-order valence-corrected chi connectivity index (χ1v) is 9.27. The first-order valence-electron chi connectivity index (χ1n) is 8.45. The summed E-state index contributed by atoms with van der Waals surface area (Å²) < 4.78 is 0. The molecule has 1 unspecified atom stereocenters. The Morgan fingerprint density at radius 2 is 2.12 bits per heavy atom. The summed E-state index contributed by atoms with van der Waals surface area (Å²) in [6.07, 6.45) is 11.3. The van der Waals surface area contributed by atoms with Gasteiger partial charge in [-0.2, -0.15) is 0 Å². The summed E-state index contributed by atoms with van der Waals surface area (Å²) in [6, 6.07) is 8.73. The van der Waals surface area contributed by atoms with E-state index in [4.69, 9.17) is 4.98 Å². The van der Waals surface area contributed by atoms with Gasteiger partial charge in [0.15, 0.2) is 5.13 Å². The maximum Gasteiger partial charge on any atom is 0.185 e. The van der Waals surface area contributed by atoms with Crippen molar-refractivity contribution in [3.05, 3.63) is 82.9 Å². The molecule has 3 heteroatoms. The minimum atomic E-state index is 0.336. The third kappa shape index (κ3) is 3.51. The Balaban J connectivity index is 1.79. The standard InChI is InChI=1S/C21H24N2S/c1-4-8-17(9-5-2)16(3)20-14-22-21(24-20)23-13-12-18-10-6-7-11-19(18)15-23/h4-11,14,16H,1,12-13,15H2,2-3H3/b9-5-,17-8+. The fourth-order valence-electron chi connectivity index (χ4n) is 3.12. The molecule has 1 aliphatic heterocycles. The van der Waals surface area contributed by atoms with Crippen molar-refractivity contribution in [2.45, 2.75) is 32.7 Å². The van der Waals surface area contributed by atoms with Gasteiger partial charge in [-0.3, -0.25) is 0 Å². The Hall–Kier alpha value is -2.13. The molecule has 0 aliphatic carbocycles. The van der Waals surface area contributed by atoms with Gasteiger partial charge in [0, 0.05) is 30.1 Å². The molecule has 1 aromatic carbocycles. The van der Waals surface area contributed by atoms with Gasteiger partial charge in [-0.05, 0) is 30.0 Å². The monoisotopic (exact) mass is 336 g/mol. The predicted octanol–water partition coefficient (Wildman–Crippen LogP) is 5.50. The lowest BCUT2D eigenvalue weighted by Crippen LogP contribution is -2.30. The zero-order valence-corrected chi connectivity index (χ0v) is 15.2. The molecule has 0 bridgehead atoms. The van der Waals surface area contributed by atoms with Crippen molar-refractivity contribution in [3.63, 3.8) is 0 Å². The summed E-state index contributed by atoms with van der Waals surface area (Å²) in [7, 11) is 0. The van der Waals surface area contributed by atoms with Crippen LogP contribution in [-0.4, -0.2) is 11.5 Å². The average molecular weight is 337 g/mol. The van der Waals surface area contributed by atoms with Gasteiger partial charge >= 0.3 is 0 Å². The zero-order valence-electron chi connectivity index (χ0n) is 14.4. The van der Waals surface area contributed by atoms with Crippen molar-refractivity contribution >= 4 is 16.5 Å². The largest absolute Gasteiger partial charge is 0.343 e. The highest BCUT2D eigenvalue weighted by molar-refractivity contribution is 7.15. The molecule has 0 saturated heterocycles. The van der Waals surface area contributed by atoms with Crippen LogP contribution < -0.4 is 4.90 Å². The van der Waals surface area contributed by atoms with Gasteiger partial charge < -0.3 is 4.90 Å². The van der Waals surface area contributed by atoms with Crippen molar-refractivity contribution in [1.82, 2.24) is 4.98 Å². The number of thiazole rings is 1. The number of hydrogen-bond donors (Lipinski definition) is 0. The van der Waals surface area contributed by atoms with Crippen LogP contribution in [-0.2, 0) is 13.0 Å². The van der Waals surface area contributed by atoms with Gasteiger partial charge in [-0.1, -0.05) is 62.1 Å². The first-order chi connectivity index (χ1) is 11.7. The molecule has 1 atom stereocenters. The van der Waals surface area contributed by atoms with E-state index in [0.717, 1.165) is 24.6 Å². The molecule has 0 radical (unpaired) electrons. The number of rotatable bonds is 5. The Morgan fingerprint density at radius 1 is 1.33 bits per heavy atom. The van der Waals surface area contributed by atoms with Crippen LogP contribution in [0.5, 0.6) is 0 Å². The summed E-state index contributed by atoms with van der Waals surface area (Å²) in [6.45, 7) is 10.1. The van der Waals surface area contributed by atoms with E-state index in [0.29, 0.717) is 5.92 Å². The van der Waals surface area contributed by atoms with Gasteiger partial charge in [-0.25, -0.2) is 4.98 Å². The molecule has 2 heterocycles. The predicted molar refractivity (Wildman–Crippen MR) is 105 cm³/mol. The number of benzene rings is 1. The second kappa shape index (κ2) is 7.63. The minimum absolute atomic E-state index is 0.336. The third-order valence-corrected chi connectivity index (χ3v) is 5.75. The van der Waals surface area contributed by atoms with Gasteiger partial charge in [0.2, 0.25) is 0 Å². The van der Waals surface area contributed by atoms with Crippen LogP contribution >= 0.6 is 11.3 Å². The van der Waals surface area contributed by atoms with Crippen LogP contribution in [0.15, 0.2) is 66.9 Å². The molecule has 2 nitrogen and oxygen atoms in total. The SMILES string of the molecule is C=C/C=C(\C=C/C)C(C)c1cnc(N2CCc3ccccc3C2)s1. The second-order valence-electron chi connectivity index (χ2n) is 6.11. The number of anilines is 1. The number of nitrogens with zero attached hydrogens (tertiary/aromatic N) is 2. The van der Waals surface area contributed by atoms with E-state index in [-0.39, 0.29) is 0 Å². The molecular formula is C21H24N2S. The summed E-state index contributed by atoms with van der Waals surface area (Å²) in [5.74, 6) is 0.336. The quantitative estimate of drug-likeness (QED) is 0.670. The highest BCUT2D eigenvalue weighted by atomic mass is 32.1. The van der Waals surface area contributed by atoms with Crippen LogP contribution in [0.1, 0.15) is 35.8 Å². The number of aromatic nitrogens is 1. The molecule has 24 heavy (non-hydrogen) atoms. The van der Waals surface area contributed by atoms with Crippen LogP contribution in [0.4, 0.5) is 5.13 Å². The van der Waals surface area contributed by atoms with Gasteiger partial charge in [0.1, 0.15) is 0 Å². The van der Waals surface area contributed by atoms with Crippen molar-refractivity contribution in [2.75, 3.05) is 11.4 Å². The van der Waals surface area contributed by atoms with Crippen molar-refractivity contribution < 1.29 is 0 Å². The lowest BCUT2D eigenvalue weighted by atomic mass is 9.99. The zero-order chi connectivity index (χ0) is 16.9. The Kier molecular flexibility index (Phi) is 5.31. The summed E-state index contributed by atoms with van der Waals surface area (Å²) >= 11 is 1.81. The maximum atomic E-state index is 4.70. The smallest absolute Gasteiger partial charge is 0.185 e. The molecule has 124 valence electrons. The maximum absolute atomic E-state index is 4.70. The lowest BCUT2D eigenvalue weighted by Gasteiger charge is -2.28. The minimum Gasteiger partial charge on any atom is -0.343 e. The number of hydrogen-bond acceptors (Lipinski definition) is 3. The number of fused-ring (bicyclic) bond motifs is 1. The van der Waals surface area contributed by atoms with Crippen molar-refractivity contribution in [1.29, 1.82) is 0 Å². The molecule has 0 amide bonds. The van der Waals surface area contributed by atoms with Crippen LogP contribution in [0.3, 0.4) is 0 Å². The first kappa shape index (κ1) is 16.7. The highest BCUT2D eigenvalue weighted by Gasteiger charge is 2.20. The van der Waals surface area contributed by atoms with E-state index in [1.807, 2.05) is 30.5 Å². The molecule has 1 aromatic heterocycles. The Bertz CT molecular complexity index is 770. The molecule has 3 rings (SSSR count). The van der Waals surface area contributed by atoms with E-state index in [9.17, 15) is 0 Å². The average Bonchev–Trinajstić information content (AvgIpc) is 3.10. The molecule has 1 aliphatic rings. The van der Waals surface area contributed by atoms with Gasteiger partial charge in [0.05, 0.1) is 0 Å². The van der Waals surface area contributed by atoms with Gasteiger partial charge in [-0.15, -0.1) is 11.3 Å². The molecule has 0 fully saturated rings. The third-order valence-electron chi connectivity index (χ3n) is 4.51.